The van der Waals surface area contributed by atoms with Crippen molar-refractivity contribution in [2.45, 2.75) is 6.54 Å². The van der Waals surface area contributed by atoms with Crippen molar-refractivity contribution in [1.82, 2.24) is 9.55 Å². The van der Waals surface area contributed by atoms with E-state index in [1.165, 1.54) is 12.1 Å². The molecule has 26 heavy (non-hydrogen) atoms. The quantitative estimate of drug-likeness (QED) is 0.735. The van der Waals surface area contributed by atoms with Gasteiger partial charge in [0.25, 0.3) is 5.91 Å². The highest BCUT2D eigenvalue weighted by Gasteiger charge is 2.15. The Morgan fingerprint density at radius 1 is 1.27 bits per heavy atom. The van der Waals surface area contributed by atoms with Crippen molar-refractivity contribution in [2.75, 3.05) is 24.3 Å². The van der Waals surface area contributed by atoms with E-state index in [0.717, 1.165) is 5.56 Å². The van der Waals surface area contributed by atoms with Crippen LogP contribution < -0.4 is 10.2 Å². The van der Waals surface area contributed by atoms with Crippen molar-refractivity contribution in [1.29, 1.82) is 0 Å². The number of aromatic nitrogens is 2. The summed E-state index contributed by atoms with van der Waals surface area (Å²) in [6.07, 6.45) is 3.29. The highest BCUT2D eigenvalue weighted by Crippen LogP contribution is 2.20. The van der Waals surface area contributed by atoms with E-state index >= 15 is 0 Å². The third-order valence-corrected chi connectivity index (χ3v) is 4.32. The van der Waals surface area contributed by atoms with Crippen LogP contribution in [0.1, 0.15) is 15.9 Å². The van der Waals surface area contributed by atoms with Crippen molar-refractivity contribution in [2.24, 2.45) is 0 Å². The molecule has 0 bridgehead atoms. The van der Waals surface area contributed by atoms with Crippen molar-refractivity contribution in [3.05, 3.63) is 76.8 Å². The number of nitrogens with zero attached hydrogens (tertiary/aromatic N) is 3. The van der Waals surface area contributed by atoms with Crippen LogP contribution in [0.3, 0.4) is 0 Å². The summed E-state index contributed by atoms with van der Waals surface area (Å²) in [6.45, 7) is 0.442. The van der Waals surface area contributed by atoms with Gasteiger partial charge in [0.15, 0.2) is 0 Å². The van der Waals surface area contributed by atoms with Crippen LogP contribution in [0.4, 0.5) is 16.0 Å². The Hall–Kier alpha value is -2.86. The maximum atomic E-state index is 14.3. The van der Waals surface area contributed by atoms with Crippen LogP contribution in [0.2, 0.25) is 5.02 Å². The predicted molar refractivity (Wildman–Crippen MR) is 101 cm³/mol. The Bertz CT molecular complexity index is 939. The Kier molecular flexibility index (Phi) is 5.23. The number of imidazole rings is 1. The second-order valence-electron chi connectivity index (χ2n) is 5.98. The largest absolute Gasteiger partial charge is 0.378 e. The van der Waals surface area contributed by atoms with Gasteiger partial charge in [-0.25, -0.2) is 9.37 Å². The van der Waals surface area contributed by atoms with Gasteiger partial charge in [0, 0.05) is 37.2 Å². The van der Waals surface area contributed by atoms with Gasteiger partial charge in [0.2, 0.25) is 5.95 Å². The Balaban J connectivity index is 1.79. The topological polar surface area (TPSA) is 50.2 Å². The summed E-state index contributed by atoms with van der Waals surface area (Å²) in [5, 5.41) is 3.28. The maximum Gasteiger partial charge on any atom is 0.260 e. The van der Waals surface area contributed by atoms with E-state index in [4.69, 9.17) is 11.6 Å². The molecule has 2 aromatic carbocycles. The Morgan fingerprint density at radius 3 is 2.73 bits per heavy atom. The van der Waals surface area contributed by atoms with Crippen LogP contribution in [0, 0.1) is 5.82 Å². The van der Waals surface area contributed by atoms with Gasteiger partial charge in [-0.15, -0.1) is 0 Å². The number of halogens is 2. The molecule has 134 valence electrons. The number of rotatable bonds is 5. The van der Waals surface area contributed by atoms with E-state index in [1.807, 2.05) is 18.2 Å². The molecule has 0 fully saturated rings. The maximum absolute atomic E-state index is 14.3. The van der Waals surface area contributed by atoms with Crippen molar-refractivity contribution in [3.63, 3.8) is 0 Å². The molecule has 3 rings (SSSR count). The van der Waals surface area contributed by atoms with Gasteiger partial charge in [-0.05, 0) is 29.8 Å². The van der Waals surface area contributed by atoms with Gasteiger partial charge in [0.1, 0.15) is 5.82 Å². The highest BCUT2D eigenvalue weighted by atomic mass is 35.5. The van der Waals surface area contributed by atoms with Crippen LogP contribution in [-0.4, -0.2) is 29.6 Å². The molecule has 0 saturated carbocycles. The molecule has 0 spiro atoms. The molecule has 7 heteroatoms. The smallest absolute Gasteiger partial charge is 0.260 e. The van der Waals surface area contributed by atoms with Crippen LogP contribution in [0.5, 0.6) is 0 Å². The fourth-order valence-corrected chi connectivity index (χ4v) is 2.70. The fourth-order valence-electron chi connectivity index (χ4n) is 2.51. The summed E-state index contributed by atoms with van der Waals surface area (Å²) in [5.74, 6) is -0.816. The van der Waals surface area contributed by atoms with E-state index in [-0.39, 0.29) is 5.56 Å². The zero-order valence-corrected chi connectivity index (χ0v) is 15.2. The van der Waals surface area contributed by atoms with Crippen LogP contribution in [0.25, 0.3) is 0 Å². The molecule has 0 atom stereocenters. The average molecular weight is 373 g/mol. The number of nitrogens with one attached hydrogen (secondary N) is 1. The van der Waals surface area contributed by atoms with Gasteiger partial charge < -0.3 is 9.47 Å². The zero-order chi connectivity index (χ0) is 18.7. The number of hydrogen-bond donors (Lipinski definition) is 1. The predicted octanol–water partition coefficient (Wildman–Crippen LogP) is 4.04. The molecule has 1 N–H and O–H groups in total. The van der Waals surface area contributed by atoms with Crippen molar-refractivity contribution in [3.8, 4) is 0 Å². The monoisotopic (exact) mass is 372 g/mol. The number of benzene rings is 2. The summed E-state index contributed by atoms with van der Waals surface area (Å²) in [7, 11) is 3.61. The van der Waals surface area contributed by atoms with Crippen LogP contribution in [-0.2, 0) is 6.54 Å². The lowest BCUT2D eigenvalue weighted by atomic mass is 10.1. The molecule has 1 aromatic heterocycles. The minimum Gasteiger partial charge on any atom is -0.378 e. The first kappa shape index (κ1) is 17.9. The van der Waals surface area contributed by atoms with E-state index in [1.54, 1.807) is 48.1 Å². The molecule has 1 heterocycles. The molecule has 0 saturated heterocycles. The second kappa shape index (κ2) is 7.58. The molecule has 0 unspecified atom stereocenters. The Labute approximate surface area is 156 Å². The van der Waals surface area contributed by atoms with Crippen molar-refractivity contribution < 1.29 is 9.18 Å². The molecule has 0 aliphatic rings. The molecule has 0 radical (unpaired) electrons. The minimum absolute atomic E-state index is 0.0390. The van der Waals surface area contributed by atoms with E-state index in [9.17, 15) is 9.18 Å². The summed E-state index contributed by atoms with van der Waals surface area (Å²) < 4.78 is 16.0. The molecule has 0 aliphatic heterocycles. The number of hydrogen-bond acceptors (Lipinski definition) is 3. The van der Waals surface area contributed by atoms with Crippen molar-refractivity contribution >= 4 is 29.1 Å². The van der Waals surface area contributed by atoms with Gasteiger partial charge in [-0.3, -0.25) is 10.1 Å². The first-order valence-electron chi connectivity index (χ1n) is 7.98. The van der Waals surface area contributed by atoms with E-state index < -0.39 is 11.7 Å². The third-order valence-electron chi connectivity index (χ3n) is 3.95. The minimum atomic E-state index is -0.585. The molecular formula is C19H18ClFN4O. The number of anilines is 2. The summed E-state index contributed by atoms with van der Waals surface area (Å²) in [5.41, 5.74) is 1.53. The van der Waals surface area contributed by atoms with E-state index in [0.29, 0.717) is 23.2 Å². The second-order valence-corrected chi connectivity index (χ2v) is 6.39. The van der Waals surface area contributed by atoms with Crippen LogP contribution >= 0.6 is 11.6 Å². The lowest BCUT2D eigenvalue weighted by Gasteiger charge is -2.14. The summed E-state index contributed by atoms with van der Waals surface area (Å²) in [4.78, 5) is 18.3. The number of amides is 1. The zero-order valence-electron chi connectivity index (χ0n) is 14.4. The third kappa shape index (κ3) is 3.86. The van der Waals surface area contributed by atoms with Gasteiger partial charge >= 0.3 is 0 Å². The first-order valence-corrected chi connectivity index (χ1v) is 8.36. The normalized spacial score (nSPS) is 10.6. The number of carbonyl (C=O) groups excluding carboxylic acids is 1. The Morgan fingerprint density at radius 2 is 2.04 bits per heavy atom. The average Bonchev–Trinajstić information content (AvgIpc) is 3.03. The van der Waals surface area contributed by atoms with Gasteiger partial charge in [-0.2, -0.15) is 0 Å². The van der Waals surface area contributed by atoms with Crippen LogP contribution in [0.15, 0.2) is 54.9 Å². The molecule has 1 amide bonds. The summed E-state index contributed by atoms with van der Waals surface area (Å²) in [6, 6.07) is 11.9. The fraction of sp³-hybridized carbons (Fsp3) is 0.158. The SMILES string of the molecule is CN(C)c1ccc(C(=O)Nc2nccn2Cc2ccccc2Cl)c(F)c1. The molecule has 0 aliphatic carbocycles. The van der Waals surface area contributed by atoms with Gasteiger partial charge in [-0.1, -0.05) is 29.8 Å². The summed E-state index contributed by atoms with van der Waals surface area (Å²) >= 11 is 6.18. The highest BCUT2D eigenvalue weighted by molar-refractivity contribution is 6.31. The van der Waals surface area contributed by atoms with E-state index in [2.05, 4.69) is 10.3 Å². The number of carbonyl (C=O) groups is 1. The lowest BCUT2D eigenvalue weighted by Crippen LogP contribution is -2.18. The molecular weight excluding hydrogens is 355 g/mol. The molecule has 3 aromatic rings. The standard InChI is InChI=1S/C19H18ClFN4O/c1-24(2)14-7-8-15(17(21)11-14)18(26)23-19-22-9-10-25(19)12-13-5-3-4-6-16(13)20/h3-11H,12H2,1-2H3,(H,22,23,26). The van der Waals surface area contributed by atoms with Gasteiger partial charge in [0.05, 0.1) is 12.1 Å². The molecule has 5 nitrogen and oxygen atoms in total. The first-order chi connectivity index (χ1) is 12.5. The lowest BCUT2D eigenvalue weighted by molar-refractivity contribution is 0.102.